The maximum absolute atomic E-state index is 12.6. The second kappa shape index (κ2) is 7.47. The number of hydrogen-bond acceptors (Lipinski definition) is 4. The van der Waals surface area contributed by atoms with Crippen molar-refractivity contribution in [2.24, 2.45) is 5.92 Å². The minimum Gasteiger partial charge on any atom is -0.506 e. The third kappa shape index (κ3) is 4.32. The van der Waals surface area contributed by atoms with E-state index in [0.29, 0.717) is 37.4 Å². The fourth-order valence-electron chi connectivity index (χ4n) is 3.24. The minimum absolute atomic E-state index is 0.0572. The molecule has 144 valence electrons. The van der Waals surface area contributed by atoms with Gasteiger partial charge < -0.3 is 19.7 Å². The number of likely N-dealkylation sites (tertiary alicyclic amines) is 1. The molecule has 0 unspecified atom stereocenters. The van der Waals surface area contributed by atoms with Gasteiger partial charge in [0.05, 0.1) is 12.0 Å². The van der Waals surface area contributed by atoms with E-state index < -0.39 is 0 Å². The van der Waals surface area contributed by atoms with Gasteiger partial charge in [0.2, 0.25) is 5.91 Å². The fourth-order valence-corrected chi connectivity index (χ4v) is 3.24. The van der Waals surface area contributed by atoms with Crippen LogP contribution in [0.2, 0.25) is 0 Å². The molecule has 0 atom stereocenters. The zero-order chi connectivity index (χ0) is 19.6. The predicted octanol–water partition coefficient (Wildman–Crippen LogP) is 3.77. The van der Waals surface area contributed by atoms with E-state index >= 15 is 0 Å². The monoisotopic (exact) mass is 370 g/mol. The van der Waals surface area contributed by atoms with Crippen LogP contribution < -0.4 is 5.32 Å². The quantitative estimate of drug-likeness (QED) is 0.806. The van der Waals surface area contributed by atoms with Crippen LogP contribution in [0.3, 0.4) is 0 Å². The van der Waals surface area contributed by atoms with Crippen molar-refractivity contribution >= 4 is 17.5 Å². The predicted molar refractivity (Wildman–Crippen MR) is 103 cm³/mol. The van der Waals surface area contributed by atoms with Crippen molar-refractivity contribution in [3.8, 4) is 5.75 Å². The van der Waals surface area contributed by atoms with E-state index in [4.69, 9.17) is 4.42 Å². The Morgan fingerprint density at radius 1 is 1.19 bits per heavy atom. The minimum atomic E-state index is -0.191. The summed E-state index contributed by atoms with van der Waals surface area (Å²) in [7, 11) is 0. The normalized spacial score (nSPS) is 15.6. The first kappa shape index (κ1) is 19.0. The van der Waals surface area contributed by atoms with Gasteiger partial charge >= 0.3 is 0 Å². The molecular weight excluding hydrogens is 344 g/mol. The SMILES string of the molecule is CC(C)(C)c1ccc(O)c(NC(=O)C2CCN(C(=O)c3ccco3)CC2)c1. The number of piperidine rings is 1. The number of nitrogens with zero attached hydrogens (tertiary/aromatic N) is 1. The van der Waals surface area contributed by atoms with Gasteiger partial charge in [0.1, 0.15) is 5.75 Å². The lowest BCUT2D eigenvalue weighted by atomic mass is 9.86. The number of rotatable bonds is 3. The van der Waals surface area contributed by atoms with Gasteiger partial charge in [-0.1, -0.05) is 26.8 Å². The number of aromatic hydroxyl groups is 1. The summed E-state index contributed by atoms with van der Waals surface area (Å²) in [5.74, 6) is -0.0808. The van der Waals surface area contributed by atoms with E-state index in [9.17, 15) is 14.7 Å². The van der Waals surface area contributed by atoms with Crippen molar-refractivity contribution in [3.05, 3.63) is 47.9 Å². The lowest BCUT2D eigenvalue weighted by Crippen LogP contribution is -2.41. The van der Waals surface area contributed by atoms with Crippen LogP contribution in [0.1, 0.15) is 49.7 Å². The molecule has 0 bridgehead atoms. The molecular formula is C21H26N2O4. The summed E-state index contributed by atoms with van der Waals surface area (Å²) in [6, 6.07) is 8.63. The number of anilines is 1. The standard InChI is InChI=1S/C21H26N2O4/c1-21(2,3)15-6-7-17(24)16(13-15)22-19(25)14-8-10-23(11-9-14)20(26)18-5-4-12-27-18/h4-7,12-14,24H,8-11H2,1-3H3,(H,22,25). The Kier molecular flexibility index (Phi) is 5.26. The number of phenols is 1. The van der Waals surface area contributed by atoms with Crippen molar-refractivity contribution in [2.45, 2.75) is 39.0 Å². The van der Waals surface area contributed by atoms with Gasteiger partial charge in [0.15, 0.2) is 5.76 Å². The zero-order valence-electron chi connectivity index (χ0n) is 16.0. The molecule has 6 nitrogen and oxygen atoms in total. The summed E-state index contributed by atoms with van der Waals surface area (Å²) >= 11 is 0. The molecule has 1 aliphatic heterocycles. The Hall–Kier alpha value is -2.76. The molecule has 1 saturated heterocycles. The van der Waals surface area contributed by atoms with Crippen molar-refractivity contribution in [2.75, 3.05) is 18.4 Å². The second-order valence-electron chi connectivity index (χ2n) is 8.01. The molecule has 27 heavy (non-hydrogen) atoms. The summed E-state index contributed by atoms with van der Waals surface area (Å²) in [6.45, 7) is 7.25. The molecule has 6 heteroatoms. The largest absolute Gasteiger partial charge is 0.506 e. The highest BCUT2D eigenvalue weighted by Gasteiger charge is 2.29. The van der Waals surface area contributed by atoms with Crippen molar-refractivity contribution in [1.82, 2.24) is 4.90 Å². The number of carbonyl (C=O) groups excluding carboxylic acids is 2. The van der Waals surface area contributed by atoms with E-state index in [0.717, 1.165) is 5.56 Å². The molecule has 0 saturated carbocycles. The molecule has 2 heterocycles. The van der Waals surface area contributed by atoms with E-state index in [1.165, 1.54) is 6.26 Å². The van der Waals surface area contributed by atoms with Crippen LogP contribution in [0.4, 0.5) is 5.69 Å². The molecule has 1 aliphatic rings. The lowest BCUT2D eigenvalue weighted by molar-refractivity contribution is -0.121. The lowest BCUT2D eigenvalue weighted by Gasteiger charge is -2.31. The number of benzene rings is 1. The molecule has 1 aromatic heterocycles. The highest BCUT2D eigenvalue weighted by molar-refractivity contribution is 5.95. The van der Waals surface area contributed by atoms with Gasteiger partial charge in [-0.2, -0.15) is 0 Å². The molecule has 2 aromatic rings. The molecule has 0 spiro atoms. The van der Waals surface area contributed by atoms with Crippen molar-refractivity contribution in [1.29, 1.82) is 0 Å². The molecule has 0 radical (unpaired) electrons. The highest BCUT2D eigenvalue weighted by Crippen LogP contribution is 2.31. The van der Waals surface area contributed by atoms with Crippen LogP contribution in [0.5, 0.6) is 5.75 Å². The first-order chi connectivity index (χ1) is 12.8. The van der Waals surface area contributed by atoms with Gasteiger partial charge in [0, 0.05) is 19.0 Å². The number of furan rings is 1. The molecule has 2 amide bonds. The Morgan fingerprint density at radius 3 is 2.48 bits per heavy atom. The number of nitrogens with one attached hydrogen (secondary N) is 1. The maximum atomic E-state index is 12.6. The van der Waals surface area contributed by atoms with Crippen LogP contribution in [-0.2, 0) is 10.2 Å². The summed E-state index contributed by atoms with van der Waals surface area (Å²) in [5.41, 5.74) is 1.39. The summed E-state index contributed by atoms with van der Waals surface area (Å²) in [4.78, 5) is 26.7. The van der Waals surface area contributed by atoms with E-state index in [2.05, 4.69) is 26.1 Å². The topological polar surface area (TPSA) is 82.8 Å². The second-order valence-corrected chi connectivity index (χ2v) is 8.01. The average Bonchev–Trinajstić information content (AvgIpc) is 3.16. The van der Waals surface area contributed by atoms with Gasteiger partial charge in [0.25, 0.3) is 5.91 Å². The van der Waals surface area contributed by atoms with Crippen molar-refractivity contribution < 1.29 is 19.1 Å². The third-order valence-electron chi connectivity index (χ3n) is 5.01. The first-order valence-corrected chi connectivity index (χ1v) is 9.23. The van der Waals surface area contributed by atoms with Crippen LogP contribution in [0.15, 0.2) is 41.0 Å². The number of phenolic OH excluding ortho intramolecular Hbond substituents is 1. The Morgan fingerprint density at radius 2 is 1.89 bits per heavy atom. The van der Waals surface area contributed by atoms with Crippen LogP contribution in [0.25, 0.3) is 0 Å². The summed E-state index contributed by atoms with van der Waals surface area (Å²) in [6.07, 6.45) is 2.64. The average molecular weight is 370 g/mol. The van der Waals surface area contributed by atoms with Gasteiger partial charge in [-0.15, -0.1) is 0 Å². The number of hydrogen-bond donors (Lipinski definition) is 2. The van der Waals surface area contributed by atoms with Crippen LogP contribution in [0, 0.1) is 5.92 Å². The summed E-state index contributed by atoms with van der Waals surface area (Å²) in [5, 5.41) is 12.9. The van der Waals surface area contributed by atoms with E-state index in [1.54, 1.807) is 23.1 Å². The summed E-state index contributed by atoms with van der Waals surface area (Å²) < 4.78 is 5.16. The van der Waals surface area contributed by atoms with Crippen molar-refractivity contribution in [3.63, 3.8) is 0 Å². The van der Waals surface area contributed by atoms with E-state index in [1.807, 2.05) is 12.1 Å². The third-order valence-corrected chi connectivity index (χ3v) is 5.01. The van der Waals surface area contributed by atoms with Crippen LogP contribution in [-0.4, -0.2) is 34.9 Å². The Labute approximate surface area is 159 Å². The van der Waals surface area contributed by atoms with E-state index in [-0.39, 0.29) is 28.9 Å². The molecule has 1 aromatic carbocycles. The molecule has 0 aliphatic carbocycles. The zero-order valence-corrected chi connectivity index (χ0v) is 16.0. The Bertz CT molecular complexity index is 813. The molecule has 1 fully saturated rings. The van der Waals surface area contributed by atoms with Gasteiger partial charge in [-0.25, -0.2) is 0 Å². The molecule has 3 rings (SSSR count). The Balaban J connectivity index is 1.61. The van der Waals surface area contributed by atoms with Gasteiger partial charge in [-0.3, -0.25) is 9.59 Å². The highest BCUT2D eigenvalue weighted by atomic mass is 16.3. The number of carbonyl (C=O) groups is 2. The maximum Gasteiger partial charge on any atom is 0.289 e. The fraction of sp³-hybridized carbons (Fsp3) is 0.429. The molecule has 2 N–H and O–H groups in total. The number of amides is 2. The van der Waals surface area contributed by atoms with Crippen LogP contribution >= 0.6 is 0 Å². The smallest absolute Gasteiger partial charge is 0.289 e. The van der Waals surface area contributed by atoms with Gasteiger partial charge in [-0.05, 0) is 48.1 Å². The first-order valence-electron chi connectivity index (χ1n) is 9.23.